The van der Waals surface area contributed by atoms with Crippen molar-refractivity contribution in [1.82, 2.24) is 20.6 Å². The first-order valence-electron chi connectivity index (χ1n) is 12.7. The molecule has 1 aliphatic heterocycles. The molecule has 4 aromatic rings. The first-order chi connectivity index (χ1) is 18.9. The fourth-order valence-corrected chi connectivity index (χ4v) is 6.21. The molecule has 2 atom stereocenters. The van der Waals surface area contributed by atoms with Crippen LogP contribution in [0.1, 0.15) is 41.4 Å². The van der Waals surface area contributed by atoms with Gasteiger partial charge in [0.1, 0.15) is 15.5 Å². The second-order valence-corrected chi connectivity index (χ2v) is 10.7. The van der Waals surface area contributed by atoms with Gasteiger partial charge in [-0.05, 0) is 49.9 Å². The predicted octanol–water partition coefficient (Wildman–Crippen LogP) is 5.26. The van der Waals surface area contributed by atoms with Crippen LogP contribution in [0, 0.1) is 6.92 Å². The molecule has 4 amide bonds. The van der Waals surface area contributed by atoms with Crippen LogP contribution in [0.5, 0.6) is 11.6 Å². The highest BCUT2D eigenvalue weighted by atomic mass is 32.1. The van der Waals surface area contributed by atoms with Gasteiger partial charge in [0.25, 0.3) is 5.91 Å². The number of nitrogens with one attached hydrogen (secondary N) is 3. The number of hydrogen-bond donors (Lipinski definition) is 3. The van der Waals surface area contributed by atoms with Crippen molar-refractivity contribution in [2.75, 3.05) is 10.2 Å². The average molecular weight is 543 g/mol. The highest BCUT2D eigenvalue weighted by Gasteiger charge is 2.35. The Morgan fingerprint density at radius 1 is 1.08 bits per heavy atom. The Labute approximate surface area is 228 Å². The predicted molar refractivity (Wildman–Crippen MR) is 149 cm³/mol. The van der Waals surface area contributed by atoms with Crippen molar-refractivity contribution < 1.29 is 19.1 Å². The van der Waals surface area contributed by atoms with E-state index in [4.69, 9.17) is 4.74 Å². The zero-order valence-corrected chi connectivity index (χ0v) is 22.2. The molecule has 3 aromatic heterocycles. The Balaban J connectivity index is 1.28. The van der Waals surface area contributed by atoms with Gasteiger partial charge in [0.2, 0.25) is 11.8 Å². The summed E-state index contributed by atoms with van der Waals surface area (Å²) < 4.78 is 5.85. The van der Waals surface area contributed by atoms with E-state index < -0.39 is 6.03 Å². The number of urea groups is 1. The fraction of sp³-hybridized carbons (Fsp3) is 0.250. The van der Waals surface area contributed by atoms with Crippen molar-refractivity contribution in [3.8, 4) is 11.6 Å². The van der Waals surface area contributed by atoms with Crippen molar-refractivity contribution in [2.45, 2.75) is 45.2 Å². The summed E-state index contributed by atoms with van der Waals surface area (Å²) in [7, 11) is 0. The first kappa shape index (κ1) is 24.8. The van der Waals surface area contributed by atoms with Crippen LogP contribution in [-0.4, -0.2) is 39.9 Å². The van der Waals surface area contributed by atoms with Crippen molar-refractivity contribution in [3.63, 3.8) is 0 Å². The molecule has 2 aliphatic rings. The third kappa shape index (κ3) is 4.76. The van der Waals surface area contributed by atoms with Crippen LogP contribution in [0.15, 0.2) is 54.9 Å². The average Bonchev–Trinajstić information content (AvgIpc) is 3.50. The van der Waals surface area contributed by atoms with Gasteiger partial charge in [-0.25, -0.2) is 14.8 Å². The third-order valence-electron chi connectivity index (χ3n) is 6.89. The number of thiophene rings is 1. The number of aryl methyl sites for hydroxylation is 1. The third-order valence-corrected chi connectivity index (χ3v) is 7.99. The van der Waals surface area contributed by atoms with Crippen molar-refractivity contribution >= 4 is 56.5 Å². The smallest absolute Gasteiger partial charge is 0.331 e. The molecule has 1 saturated carbocycles. The van der Waals surface area contributed by atoms with Gasteiger partial charge in [0.15, 0.2) is 0 Å². The first-order valence-corrected chi connectivity index (χ1v) is 13.5. The van der Waals surface area contributed by atoms with E-state index in [1.54, 1.807) is 29.4 Å². The molecule has 1 fully saturated rings. The molecule has 0 spiro atoms. The SMILES string of the molecule is CC(=O)N[C@H]1CC[C@H](NC(=O)c2sc3nccc4c3c2NC(=O)N4c2cnc(Oc3ccccc3)cc2C)C1. The van der Waals surface area contributed by atoms with Crippen LogP contribution in [0.2, 0.25) is 0 Å². The molecule has 0 radical (unpaired) electrons. The number of rotatable bonds is 6. The minimum Gasteiger partial charge on any atom is -0.439 e. The molecular weight excluding hydrogens is 516 g/mol. The molecule has 10 nitrogen and oxygen atoms in total. The lowest BCUT2D eigenvalue weighted by molar-refractivity contribution is -0.119. The minimum absolute atomic E-state index is 0.0522. The van der Waals surface area contributed by atoms with Crippen LogP contribution in [0.25, 0.3) is 10.2 Å². The van der Waals surface area contributed by atoms with E-state index in [9.17, 15) is 14.4 Å². The molecule has 1 aromatic carbocycles. The summed E-state index contributed by atoms with van der Waals surface area (Å²) in [4.78, 5) is 49.7. The number of amides is 4. The molecule has 0 unspecified atom stereocenters. The van der Waals surface area contributed by atoms with Gasteiger partial charge in [0, 0.05) is 31.3 Å². The van der Waals surface area contributed by atoms with E-state index in [1.807, 2.05) is 37.3 Å². The summed E-state index contributed by atoms with van der Waals surface area (Å²) in [6, 6.07) is 12.5. The molecule has 3 N–H and O–H groups in total. The standard InChI is InChI=1S/C28H26N6O4S/c1-15-12-22(38-19-6-4-3-5-7-19)30-14-21(15)34-20-10-11-29-27-23(20)24(33-28(34)37)25(39-27)26(36)32-18-9-8-17(13-18)31-16(2)35/h3-7,10-12,14,17-18H,8-9,13H2,1-2H3,(H,31,35)(H,32,36)(H,33,37)/t17-,18-/m0/s1. The highest BCUT2D eigenvalue weighted by Crippen LogP contribution is 2.46. The maximum Gasteiger partial charge on any atom is 0.331 e. The topological polar surface area (TPSA) is 126 Å². The van der Waals surface area contributed by atoms with Gasteiger partial charge in [-0.3, -0.25) is 14.5 Å². The van der Waals surface area contributed by atoms with E-state index in [0.717, 1.165) is 18.4 Å². The molecule has 4 heterocycles. The van der Waals surface area contributed by atoms with Crippen LogP contribution >= 0.6 is 11.3 Å². The van der Waals surface area contributed by atoms with E-state index in [2.05, 4.69) is 25.9 Å². The van der Waals surface area contributed by atoms with E-state index >= 15 is 0 Å². The quantitative estimate of drug-likeness (QED) is 0.305. The van der Waals surface area contributed by atoms with Crippen LogP contribution in [-0.2, 0) is 4.79 Å². The Hall–Kier alpha value is -4.51. The minimum atomic E-state index is -0.393. The number of carbonyl (C=O) groups excluding carboxylic acids is 3. The summed E-state index contributed by atoms with van der Waals surface area (Å²) in [6.45, 7) is 3.38. The lowest BCUT2D eigenvalue weighted by atomic mass is 10.1. The number of pyridine rings is 2. The molecule has 0 bridgehead atoms. The molecule has 0 saturated heterocycles. The zero-order valence-electron chi connectivity index (χ0n) is 21.4. The Morgan fingerprint density at radius 2 is 1.85 bits per heavy atom. The maximum atomic E-state index is 13.5. The van der Waals surface area contributed by atoms with Crippen molar-refractivity contribution in [2.24, 2.45) is 0 Å². The number of anilines is 3. The summed E-state index contributed by atoms with van der Waals surface area (Å²) in [5.74, 6) is 0.750. The van der Waals surface area contributed by atoms with Crippen molar-refractivity contribution in [1.29, 1.82) is 0 Å². The number of benzene rings is 1. The molecule has 11 heteroatoms. The van der Waals surface area contributed by atoms with E-state index in [0.29, 0.717) is 50.2 Å². The number of ether oxygens (including phenoxy) is 1. The van der Waals surface area contributed by atoms with Gasteiger partial charge < -0.3 is 20.7 Å². The van der Waals surface area contributed by atoms with Gasteiger partial charge in [-0.1, -0.05) is 18.2 Å². The lowest BCUT2D eigenvalue weighted by Gasteiger charge is -2.29. The lowest BCUT2D eigenvalue weighted by Crippen LogP contribution is -2.37. The molecule has 198 valence electrons. The van der Waals surface area contributed by atoms with Crippen LogP contribution in [0.3, 0.4) is 0 Å². The van der Waals surface area contributed by atoms with Gasteiger partial charge >= 0.3 is 6.03 Å². The van der Waals surface area contributed by atoms with Gasteiger partial charge in [-0.2, -0.15) is 0 Å². The van der Waals surface area contributed by atoms with E-state index in [-0.39, 0.29) is 23.9 Å². The van der Waals surface area contributed by atoms with Crippen molar-refractivity contribution in [3.05, 3.63) is 65.3 Å². The fourth-order valence-electron chi connectivity index (χ4n) is 5.19. The second kappa shape index (κ2) is 9.99. The number of carbonyl (C=O) groups is 3. The number of hydrogen-bond acceptors (Lipinski definition) is 7. The van der Waals surface area contributed by atoms with Crippen LogP contribution < -0.4 is 25.6 Å². The largest absolute Gasteiger partial charge is 0.439 e. The summed E-state index contributed by atoms with van der Waals surface area (Å²) in [5, 5.41) is 9.62. The zero-order chi connectivity index (χ0) is 27.1. The Bertz CT molecular complexity index is 1600. The monoisotopic (exact) mass is 542 g/mol. The van der Waals surface area contributed by atoms with Crippen LogP contribution in [0.4, 0.5) is 21.9 Å². The molecular formula is C28H26N6O4S. The normalized spacial score (nSPS) is 18.1. The molecule has 1 aliphatic carbocycles. The molecule has 39 heavy (non-hydrogen) atoms. The highest BCUT2D eigenvalue weighted by molar-refractivity contribution is 7.21. The maximum absolute atomic E-state index is 13.5. The number of aromatic nitrogens is 2. The summed E-state index contributed by atoms with van der Waals surface area (Å²) in [6.07, 6.45) is 5.50. The molecule has 6 rings (SSSR count). The Kier molecular flexibility index (Phi) is 6.35. The van der Waals surface area contributed by atoms with Gasteiger partial charge in [0.05, 0.1) is 28.6 Å². The summed E-state index contributed by atoms with van der Waals surface area (Å²) >= 11 is 1.24. The number of para-hydroxylation sites is 1. The van der Waals surface area contributed by atoms with Gasteiger partial charge in [-0.15, -0.1) is 11.3 Å². The Morgan fingerprint density at radius 3 is 2.59 bits per heavy atom. The number of nitrogens with zero attached hydrogens (tertiary/aromatic N) is 3. The van der Waals surface area contributed by atoms with E-state index in [1.165, 1.54) is 18.3 Å². The summed E-state index contributed by atoms with van der Waals surface area (Å²) in [5.41, 5.74) is 2.48. The second-order valence-electron chi connectivity index (χ2n) is 9.69.